The van der Waals surface area contributed by atoms with Gasteiger partial charge in [-0.05, 0) is 31.7 Å². The van der Waals surface area contributed by atoms with Crippen LogP contribution in [0.15, 0.2) is 0 Å². The summed E-state index contributed by atoms with van der Waals surface area (Å²) in [6.07, 6.45) is 6.36. The van der Waals surface area contributed by atoms with Crippen LogP contribution in [0.3, 0.4) is 0 Å². The van der Waals surface area contributed by atoms with Gasteiger partial charge >= 0.3 is 0 Å². The van der Waals surface area contributed by atoms with Gasteiger partial charge in [0, 0.05) is 30.5 Å². The van der Waals surface area contributed by atoms with Crippen LogP contribution < -0.4 is 5.73 Å². The van der Waals surface area contributed by atoms with Gasteiger partial charge in [0.2, 0.25) is 5.91 Å². The highest BCUT2D eigenvalue weighted by atomic mass is 32.2. The minimum atomic E-state index is 0.358. The molecule has 2 unspecified atom stereocenters. The maximum atomic E-state index is 12.3. The fourth-order valence-electron chi connectivity index (χ4n) is 2.76. The molecule has 19 heavy (non-hydrogen) atoms. The maximum Gasteiger partial charge on any atom is 0.222 e. The lowest BCUT2D eigenvalue weighted by molar-refractivity contribution is -0.131. The second-order valence-electron chi connectivity index (χ2n) is 5.51. The number of nitrogens with zero attached hydrogens (tertiary/aromatic N) is 1. The van der Waals surface area contributed by atoms with E-state index in [-0.39, 0.29) is 0 Å². The van der Waals surface area contributed by atoms with Gasteiger partial charge in [0.15, 0.2) is 0 Å². The van der Waals surface area contributed by atoms with Crippen molar-refractivity contribution in [1.29, 1.82) is 0 Å². The minimum Gasteiger partial charge on any atom is -0.341 e. The molecular formula is C15H30N2OS. The summed E-state index contributed by atoms with van der Waals surface area (Å²) in [5, 5.41) is 0.646. The van der Waals surface area contributed by atoms with Crippen molar-refractivity contribution >= 4 is 17.7 Å². The van der Waals surface area contributed by atoms with Crippen LogP contribution in [0.5, 0.6) is 0 Å². The molecule has 2 N–H and O–H groups in total. The molecule has 2 atom stereocenters. The van der Waals surface area contributed by atoms with E-state index in [1.54, 1.807) is 0 Å². The molecule has 0 bridgehead atoms. The Balaban J connectivity index is 2.32. The van der Waals surface area contributed by atoms with E-state index >= 15 is 0 Å². The number of nitrogens with two attached hydrogens (primary N) is 1. The summed E-state index contributed by atoms with van der Waals surface area (Å²) in [6.45, 7) is 7.06. The number of thioether (sulfide) groups is 1. The van der Waals surface area contributed by atoms with Gasteiger partial charge in [-0.2, -0.15) is 11.8 Å². The van der Waals surface area contributed by atoms with Crippen LogP contribution in [0, 0.1) is 5.92 Å². The molecule has 112 valence electrons. The van der Waals surface area contributed by atoms with E-state index in [2.05, 4.69) is 18.7 Å². The third kappa shape index (κ3) is 6.17. The van der Waals surface area contributed by atoms with Gasteiger partial charge in [0.1, 0.15) is 0 Å². The lowest BCUT2D eigenvalue weighted by atomic mass is 9.94. The summed E-state index contributed by atoms with van der Waals surface area (Å²) >= 11 is 2.01. The summed E-state index contributed by atoms with van der Waals surface area (Å²) in [5.41, 5.74) is 5.65. The number of carbonyl (C=O) groups excluding carboxylic acids is 1. The fourth-order valence-corrected chi connectivity index (χ4v) is 3.94. The summed E-state index contributed by atoms with van der Waals surface area (Å²) in [7, 11) is 0. The molecule has 1 aliphatic heterocycles. The first kappa shape index (κ1) is 16.8. The summed E-state index contributed by atoms with van der Waals surface area (Å²) in [4.78, 5) is 14.3. The van der Waals surface area contributed by atoms with E-state index < -0.39 is 0 Å². The summed E-state index contributed by atoms with van der Waals surface area (Å²) < 4.78 is 0. The van der Waals surface area contributed by atoms with Crippen molar-refractivity contribution in [3.63, 3.8) is 0 Å². The van der Waals surface area contributed by atoms with Crippen LogP contribution in [-0.2, 0) is 4.79 Å². The Morgan fingerprint density at radius 1 is 1.37 bits per heavy atom. The first-order valence-electron chi connectivity index (χ1n) is 7.80. The van der Waals surface area contributed by atoms with Gasteiger partial charge in [-0.15, -0.1) is 0 Å². The van der Waals surface area contributed by atoms with Crippen LogP contribution in [0.1, 0.15) is 52.4 Å². The average molecular weight is 286 g/mol. The molecule has 1 heterocycles. The van der Waals surface area contributed by atoms with Crippen molar-refractivity contribution in [2.75, 3.05) is 25.4 Å². The molecule has 0 aromatic rings. The highest BCUT2D eigenvalue weighted by Crippen LogP contribution is 2.23. The van der Waals surface area contributed by atoms with E-state index in [0.29, 0.717) is 23.5 Å². The minimum absolute atomic E-state index is 0.358. The highest BCUT2D eigenvalue weighted by Gasteiger charge is 2.23. The van der Waals surface area contributed by atoms with Crippen molar-refractivity contribution in [2.24, 2.45) is 11.7 Å². The predicted octanol–water partition coefficient (Wildman–Crippen LogP) is 2.89. The Labute approximate surface area is 122 Å². The highest BCUT2D eigenvalue weighted by molar-refractivity contribution is 8.00. The van der Waals surface area contributed by atoms with Crippen LogP contribution in [0.25, 0.3) is 0 Å². The molecular weight excluding hydrogens is 256 g/mol. The molecule has 3 nitrogen and oxygen atoms in total. The topological polar surface area (TPSA) is 46.3 Å². The van der Waals surface area contributed by atoms with Crippen molar-refractivity contribution < 1.29 is 4.79 Å². The quantitative estimate of drug-likeness (QED) is 0.746. The Hall–Kier alpha value is -0.220. The average Bonchev–Trinajstić information content (AvgIpc) is 2.45. The molecule has 4 heteroatoms. The lowest BCUT2D eigenvalue weighted by Crippen LogP contribution is -2.41. The number of hydrogen-bond donors (Lipinski definition) is 1. The van der Waals surface area contributed by atoms with Gasteiger partial charge in [-0.25, -0.2) is 0 Å². The Kier molecular flexibility index (Phi) is 8.55. The van der Waals surface area contributed by atoms with Crippen molar-refractivity contribution in [3.05, 3.63) is 0 Å². The Bertz CT molecular complexity index is 255. The molecule has 0 saturated carbocycles. The molecule has 1 saturated heterocycles. The second kappa shape index (κ2) is 9.65. The van der Waals surface area contributed by atoms with E-state index in [0.717, 1.165) is 38.2 Å². The summed E-state index contributed by atoms with van der Waals surface area (Å²) in [6, 6.07) is 0. The van der Waals surface area contributed by atoms with Crippen molar-refractivity contribution in [3.8, 4) is 0 Å². The van der Waals surface area contributed by atoms with E-state index in [1.807, 2.05) is 11.8 Å². The van der Waals surface area contributed by atoms with E-state index in [9.17, 15) is 4.79 Å². The number of carbonyl (C=O) groups is 1. The SMILES string of the molecule is CCCC(CCN)CCC(=O)N1CCSC(CC)C1. The monoisotopic (exact) mass is 286 g/mol. The van der Waals surface area contributed by atoms with Gasteiger partial charge in [0.05, 0.1) is 0 Å². The van der Waals surface area contributed by atoms with Crippen molar-refractivity contribution in [2.45, 2.75) is 57.6 Å². The molecule has 0 aromatic heterocycles. The molecule has 0 aliphatic carbocycles. The first-order valence-corrected chi connectivity index (χ1v) is 8.85. The molecule has 1 aliphatic rings. The fraction of sp³-hybridized carbons (Fsp3) is 0.933. The largest absolute Gasteiger partial charge is 0.341 e. The molecule has 0 radical (unpaired) electrons. The maximum absolute atomic E-state index is 12.3. The van der Waals surface area contributed by atoms with Crippen molar-refractivity contribution in [1.82, 2.24) is 4.90 Å². The Morgan fingerprint density at radius 2 is 2.16 bits per heavy atom. The van der Waals surface area contributed by atoms with Crippen LogP contribution in [0.4, 0.5) is 0 Å². The third-order valence-corrected chi connectivity index (χ3v) is 5.36. The van der Waals surface area contributed by atoms with Crippen LogP contribution in [-0.4, -0.2) is 41.4 Å². The van der Waals surface area contributed by atoms with Crippen LogP contribution in [0.2, 0.25) is 0 Å². The zero-order chi connectivity index (χ0) is 14.1. The standard InChI is InChI=1S/C15H30N2OS/c1-3-5-13(8-9-16)6-7-15(18)17-10-11-19-14(4-2)12-17/h13-14H,3-12,16H2,1-2H3. The Morgan fingerprint density at radius 3 is 2.79 bits per heavy atom. The zero-order valence-corrected chi connectivity index (χ0v) is 13.4. The number of hydrogen-bond acceptors (Lipinski definition) is 3. The molecule has 0 aromatic carbocycles. The third-order valence-electron chi connectivity index (χ3n) is 3.99. The lowest BCUT2D eigenvalue weighted by Gasteiger charge is -2.32. The molecule has 1 amide bonds. The summed E-state index contributed by atoms with van der Waals surface area (Å²) in [5.74, 6) is 2.10. The van der Waals surface area contributed by atoms with E-state index in [4.69, 9.17) is 5.73 Å². The van der Waals surface area contributed by atoms with Gasteiger partial charge < -0.3 is 10.6 Å². The van der Waals surface area contributed by atoms with Gasteiger partial charge in [0.25, 0.3) is 0 Å². The smallest absolute Gasteiger partial charge is 0.222 e. The molecule has 1 rings (SSSR count). The normalized spacial score (nSPS) is 21.4. The number of rotatable bonds is 8. The molecule has 1 fully saturated rings. The number of amides is 1. The predicted molar refractivity (Wildman–Crippen MR) is 84.4 cm³/mol. The second-order valence-corrected chi connectivity index (χ2v) is 6.92. The molecule has 0 spiro atoms. The van der Waals surface area contributed by atoms with Crippen LogP contribution >= 0.6 is 11.8 Å². The zero-order valence-electron chi connectivity index (χ0n) is 12.6. The van der Waals surface area contributed by atoms with Gasteiger partial charge in [-0.3, -0.25) is 4.79 Å². The first-order chi connectivity index (χ1) is 9.21. The van der Waals surface area contributed by atoms with E-state index in [1.165, 1.54) is 19.3 Å². The van der Waals surface area contributed by atoms with Gasteiger partial charge in [-0.1, -0.05) is 26.7 Å².